The number of aromatic carboxylic acids is 1. The van der Waals surface area contributed by atoms with Gasteiger partial charge in [0.1, 0.15) is 10.7 Å². The topological polar surface area (TPSA) is 92.7 Å². The fourth-order valence-electron chi connectivity index (χ4n) is 3.60. The molecule has 0 saturated carbocycles. The van der Waals surface area contributed by atoms with Gasteiger partial charge in [-0.25, -0.2) is 14.0 Å². The van der Waals surface area contributed by atoms with Crippen LogP contribution in [-0.2, 0) is 9.53 Å². The first kappa shape index (κ1) is 19.8. The third-order valence-corrected chi connectivity index (χ3v) is 6.24. The van der Waals surface area contributed by atoms with E-state index in [-0.39, 0.29) is 23.1 Å². The monoisotopic (exact) mass is 425 g/mol. The van der Waals surface area contributed by atoms with Crippen LogP contribution < -0.4 is 5.32 Å². The number of esters is 1. The fourth-order valence-corrected chi connectivity index (χ4v) is 4.84. The van der Waals surface area contributed by atoms with Crippen molar-refractivity contribution in [1.29, 1.82) is 0 Å². The Hall–Kier alpha value is -3.52. The summed E-state index contributed by atoms with van der Waals surface area (Å²) in [5.41, 5.74) is 2.21. The Balaban J connectivity index is 1.86. The number of amides is 1. The molecule has 1 aliphatic rings. The summed E-state index contributed by atoms with van der Waals surface area (Å²) in [4.78, 5) is 36.8. The van der Waals surface area contributed by atoms with E-state index in [1.807, 2.05) is 0 Å². The molecule has 1 aliphatic heterocycles. The van der Waals surface area contributed by atoms with Gasteiger partial charge in [-0.15, -0.1) is 11.3 Å². The minimum Gasteiger partial charge on any atom is -0.477 e. The normalized spacial score (nSPS) is 15.3. The first-order chi connectivity index (χ1) is 14.4. The molecule has 0 radical (unpaired) electrons. The van der Waals surface area contributed by atoms with Gasteiger partial charge in [0.2, 0.25) is 5.91 Å². The number of anilines is 1. The molecule has 0 bridgehead atoms. The standard InChI is InChI=1S/C22H16FNO5S/c1-29-22(28)12-7-5-11(6-8-12)15-10-16(25)24-18-17(13-3-2-4-14(23)9-13)20(21(26)27)30-19(15)18/h2-9,15H,10H2,1H3,(H,24,25)(H,26,27). The summed E-state index contributed by atoms with van der Waals surface area (Å²) in [6, 6.07) is 12.3. The van der Waals surface area contributed by atoms with Gasteiger partial charge < -0.3 is 15.2 Å². The predicted octanol–water partition coefficient (Wildman–Crippen LogP) is 4.51. The van der Waals surface area contributed by atoms with Crippen LogP contribution in [0.2, 0.25) is 0 Å². The molecule has 4 rings (SSSR count). The number of ether oxygens (including phenoxy) is 1. The number of methoxy groups -OCH3 is 1. The molecule has 3 aromatic rings. The van der Waals surface area contributed by atoms with Crippen LogP contribution in [0.5, 0.6) is 0 Å². The number of benzene rings is 2. The van der Waals surface area contributed by atoms with Crippen LogP contribution in [0.3, 0.4) is 0 Å². The minimum absolute atomic E-state index is 0.0315. The molecule has 2 N–H and O–H groups in total. The second kappa shape index (κ2) is 7.72. The third kappa shape index (κ3) is 3.46. The second-order valence-electron chi connectivity index (χ2n) is 6.78. The molecule has 1 unspecified atom stereocenters. The number of hydrogen-bond donors (Lipinski definition) is 2. The molecule has 1 amide bonds. The SMILES string of the molecule is COC(=O)c1ccc(C2CC(=O)Nc3c2sc(C(=O)O)c3-c2cccc(F)c2)cc1. The van der Waals surface area contributed by atoms with Gasteiger partial charge in [0.25, 0.3) is 0 Å². The van der Waals surface area contributed by atoms with E-state index in [0.717, 1.165) is 16.9 Å². The maximum absolute atomic E-state index is 13.8. The fraction of sp³-hybridized carbons (Fsp3) is 0.136. The Morgan fingerprint density at radius 1 is 1.20 bits per heavy atom. The largest absolute Gasteiger partial charge is 0.477 e. The number of halogens is 1. The highest BCUT2D eigenvalue weighted by molar-refractivity contribution is 7.15. The smallest absolute Gasteiger partial charge is 0.346 e. The summed E-state index contributed by atoms with van der Waals surface area (Å²) in [5.74, 6) is -2.77. The van der Waals surface area contributed by atoms with Gasteiger partial charge in [0, 0.05) is 22.8 Å². The summed E-state index contributed by atoms with van der Waals surface area (Å²) >= 11 is 1.06. The van der Waals surface area contributed by atoms with Crippen molar-refractivity contribution in [2.24, 2.45) is 0 Å². The average molecular weight is 425 g/mol. The molecule has 2 aromatic carbocycles. The first-order valence-electron chi connectivity index (χ1n) is 9.03. The van der Waals surface area contributed by atoms with E-state index in [9.17, 15) is 23.9 Å². The highest BCUT2D eigenvalue weighted by Crippen LogP contribution is 2.49. The number of carboxylic acids is 1. The van der Waals surface area contributed by atoms with Crippen LogP contribution in [0.1, 0.15) is 42.8 Å². The minimum atomic E-state index is -1.15. The van der Waals surface area contributed by atoms with E-state index in [2.05, 4.69) is 5.32 Å². The molecule has 6 nitrogen and oxygen atoms in total. The van der Waals surface area contributed by atoms with Crippen molar-refractivity contribution in [3.05, 3.63) is 75.2 Å². The van der Waals surface area contributed by atoms with Gasteiger partial charge in [0.05, 0.1) is 18.4 Å². The van der Waals surface area contributed by atoms with E-state index in [1.165, 1.54) is 25.3 Å². The van der Waals surface area contributed by atoms with Crippen molar-refractivity contribution in [2.75, 3.05) is 12.4 Å². The van der Waals surface area contributed by atoms with Gasteiger partial charge in [-0.3, -0.25) is 4.79 Å². The summed E-state index contributed by atoms with van der Waals surface area (Å²) in [6.07, 6.45) is 0.132. The van der Waals surface area contributed by atoms with Crippen molar-refractivity contribution < 1.29 is 28.6 Å². The quantitative estimate of drug-likeness (QED) is 0.600. The molecule has 0 saturated heterocycles. The lowest BCUT2D eigenvalue weighted by Gasteiger charge is -2.24. The number of carboxylic acid groups (broad SMARTS) is 1. The molecule has 2 heterocycles. The van der Waals surface area contributed by atoms with E-state index < -0.39 is 17.8 Å². The molecule has 1 atom stereocenters. The molecule has 0 fully saturated rings. The van der Waals surface area contributed by atoms with Crippen molar-refractivity contribution in [1.82, 2.24) is 0 Å². The number of nitrogens with one attached hydrogen (secondary N) is 1. The molecular weight excluding hydrogens is 409 g/mol. The molecule has 30 heavy (non-hydrogen) atoms. The molecule has 152 valence electrons. The lowest BCUT2D eigenvalue weighted by molar-refractivity contribution is -0.116. The first-order valence-corrected chi connectivity index (χ1v) is 9.84. The van der Waals surface area contributed by atoms with Gasteiger partial charge in [-0.2, -0.15) is 0 Å². The zero-order valence-electron chi connectivity index (χ0n) is 15.8. The summed E-state index contributed by atoms with van der Waals surface area (Å²) in [5, 5.41) is 12.5. The Morgan fingerprint density at radius 3 is 2.57 bits per heavy atom. The molecule has 1 aromatic heterocycles. The number of thiophene rings is 1. The van der Waals surface area contributed by atoms with Gasteiger partial charge >= 0.3 is 11.9 Å². The van der Waals surface area contributed by atoms with Crippen LogP contribution in [-0.4, -0.2) is 30.1 Å². The van der Waals surface area contributed by atoms with Crippen LogP contribution >= 0.6 is 11.3 Å². The molecular formula is C22H16FNO5S. The molecule has 0 spiro atoms. The lowest BCUT2D eigenvalue weighted by Crippen LogP contribution is -2.22. The Bertz CT molecular complexity index is 1170. The van der Waals surface area contributed by atoms with E-state index in [4.69, 9.17) is 4.74 Å². The number of fused-ring (bicyclic) bond motifs is 1. The number of carbonyl (C=O) groups is 3. The summed E-state index contributed by atoms with van der Waals surface area (Å²) in [6.45, 7) is 0. The van der Waals surface area contributed by atoms with Crippen molar-refractivity contribution in [2.45, 2.75) is 12.3 Å². The maximum Gasteiger partial charge on any atom is 0.346 e. The third-order valence-electron chi connectivity index (χ3n) is 4.95. The molecule has 0 aliphatic carbocycles. The second-order valence-corrected chi connectivity index (χ2v) is 7.83. The zero-order chi connectivity index (χ0) is 21.4. The zero-order valence-corrected chi connectivity index (χ0v) is 16.6. The van der Waals surface area contributed by atoms with Gasteiger partial charge in [0.15, 0.2) is 0 Å². The van der Waals surface area contributed by atoms with Crippen molar-refractivity contribution in [3.8, 4) is 11.1 Å². The highest BCUT2D eigenvalue weighted by Gasteiger charge is 2.34. The van der Waals surface area contributed by atoms with Crippen molar-refractivity contribution in [3.63, 3.8) is 0 Å². The highest BCUT2D eigenvalue weighted by atomic mass is 32.1. The average Bonchev–Trinajstić information content (AvgIpc) is 3.12. The Morgan fingerprint density at radius 2 is 1.93 bits per heavy atom. The van der Waals surface area contributed by atoms with Crippen LogP contribution in [0.15, 0.2) is 48.5 Å². The number of hydrogen-bond acceptors (Lipinski definition) is 5. The van der Waals surface area contributed by atoms with Crippen molar-refractivity contribution >= 4 is 34.9 Å². The predicted molar refractivity (Wildman–Crippen MR) is 110 cm³/mol. The lowest BCUT2D eigenvalue weighted by atomic mass is 9.88. The van der Waals surface area contributed by atoms with Gasteiger partial charge in [-0.1, -0.05) is 24.3 Å². The Kier molecular flexibility index (Phi) is 5.09. The number of carbonyl (C=O) groups excluding carboxylic acids is 2. The van der Waals surface area contributed by atoms with E-state index >= 15 is 0 Å². The number of rotatable bonds is 4. The van der Waals surface area contributed by atoms with Gasteiger partial charge in [-0.05, 0) is 35.4 Å². The maximum atomic E-state index is 13.8. The van der Waals surface area contributed by atoms with Crippen LogP contribution in [0.4, 0.5) is 10.1 Å². The van der Waals surface area contributed by atoms with Crippen LogP contribution in [0, 0.1) is 5.82 Å². The Labute approximate surface area is 174 Å². The molecule has 8 heteroatoms. The summed E-state index contributed by atoms with van der Waals surface area (Å²) < 4.78 is 18.5. The summed E-state index contributed by atoms with van der Waals surface area (Å²) in [7, 11) is 1.29. The van der Waals surface area contributed by atoms with E-state index in [0.29, 0.717) is 27.3 Å². The van der Waals surface area contributed by atoms with E-state index in [1.54, 1.807) is 30.3 Å². The van der Waals surface area contributed by atoms with Crippen LogP contribution in [0.25, 0.3) is 11.1 Å².